The molecule has 0 spiro atoms. The topological polar surface area (TPSA) is 59.4 Å². The first-order valence-corrected chi connectivity index (χ1v) is 7.36. The van der Waals surface area contributed by atoms with E-state index in [1.54, 1.807) is 26.8 Å². The summed E-state index contributed by atoms with van der Waals surface area (Å²) < 4.78 is 31.5. The highest BCUT2D eigenvalue weighted by atomic mass is 19.3. The molecule has 0 saturated carbocycles. The van der Waals surface area contributed by atoms with Crippen LogP contribution in [0.25, 0.3) is 0 Å². The van der Waals surface area contributed by atoms with E-state index in [0.29, 0.717) is 24.8 Å². The Labute approximate surface area is 129 Å². The van der Waals surface area contributed by atoms with Crippen LogP contribution >= 0.6 is 0 Å². The summed E-state index contributed by atoms with van der Waals surface area (Å²) in [7, 11) is 0. The first kappa shape index (κ1) is 18.5. The summed E-state index contributed by atoms with van der Waals surface area (Å²) in [5.74, 6) is -0.770. The molecule has 0 atom stereocenters. The highest BCUT2D eigenvalue weighted by Crippen LogP contribution is 2.26. The number of carbonyl (C=O) groups is 1. The van der Waals surface area contributed by atoms with Crippen molar-refractivity contribution in [1.82, 2.24) is 4.98 Å². The van der Waals surface area contributed by atoms with E-state index in [9.17, 15) is 13.6 Å². The van der Waals surface area contributed by atoms with Gasteiger partial charge < -0.3 is 9.84 Å². The third-order valence-corrected chi connectivity index (χ3v) is 2.98. The SMILES string of the molecule is CC(C)(C)OC(=O)c1c(CCCCCO)ccnc1C(F)F. The number of aromatic nitrogens is 1. The largest absolute Gasteiger partial charge is 0.456 e. The Hall–Kier alpha value is -1.56. The fraction of sp³-hybridized carbons (Fsp3) is 0.625. The zero-order valence-electron chi connectivity index (χ0n) is 13.2. The summed E-state index contributed by atoms with van der Waals surface area (Å²) in [6.45, 7) is 5.15. The molecule has 1 heterocycles. The van der Waals surface area contributed by atoms with Crippen LogP contribution in [-0.2, 0) is 11.2 Å². The summed E-state index contributed by atoms with van der Waals surface area (Å²) in [6, 6.07) is 1.57. The van der Waals surface area contributed by atoms with Crippen molar-refractivity contribution in [3.8, 4) is 0 Å². The van der Waals surface area contributed by atoms with Crippen LogP contribution in [0.15, 0.2) is 12.3 Å². The van der Waals surface area contributed by atoms with Gasteiger partial charge in [0.05, 0.1) is 5.56 Å². The van der Waals surface area contributed by atoms with Gasteiger partial charge in [-0.25, -0.2) is 13.6 Å². The minimum Gasteiger partial charge on any atom is -0.456 e. The summed E-state index contributed by atoms with van der Waals surface area (Å²) in [4.78, 5) is 15.9. The number of aliphatic hydroxyl groups excluding tert-OH is 1. The third kappa shape index (κ3) is 5.67. The lowest BCUT2D eigenvalue weighted by atomic mass is 10.00. The quantitative estimate of drug-likeness (QED) is 0.616. The van der Waals surface area contributed by atoms with Gasteiger partial charge >= 0.3 is 5.97 Å². The molecule has 0 bridgehead atoms. The number of nitrogens with zero attached hydrogens (tertiary/aromatic N) is 1. The van der Waals surface area contributed by atoms with E-state index >= 15 is 0 Å². The lowest BCUT2D eigenvalue weighted by Crippen LogP contribution is -2.26. The lowest BCUT2D eigenvalue weighted by Gasteiger charge is -2.21. The summed E-state index contributed by atoms with van der Waals surface area (Å²) >= 11 is 0. The van der Waals surface area contributed by atoms with E-state index in [4.69, 9.17) is 9.84 Å². The smallest absolute Gasteiger partial charge is 0.341 e. The van der Waals surface area contributed by atoms with Crippen LogP contribution in [0.1, 0.15) is 68.1 Å². The number of aliphatic hydroxyl groups is 1. The molecule has 1 aromatic heterocycles. The van der Waals surface area contributed by atoms with Gasteiger partial charge in [0, 0.05) is 12.8 Å². The Morgan fingerprint density at radius 1 is 1.32 bits per heavy atom. The number of alkyl halides is 2. The predicted octanol–water partition coefficient (Wildman–Crippen LogP) is 3.68. The Morgan fingerprint density at radius 2 is 2.00 bits per heavy atom. The third-order valence-electron chi connectivity index (χ3n) is 2.98. The summed E-state index contributed by atoms with van der Waals surface area (Å²) in [6.07, 6.45) is 1.03. The van der Waals surface area contributed by atoms with Gasteiger partial charge in [0.15, 0.2) is 0 Å². The second-order valence-corrected chi connectivity index (χ2v) is 6.07. The first-order valence-electron chi connectivity index (χ1n) is 7.36. The van der Waals surface area contributed by atoms with Crippen molar-refractivity contribution in [2.24, 2.45) is 0 Å². The zero-order valence-corrected chi connectivity index (χ0v) is 13.2. The molecule has 0 aliphatic rings. The number of ether oxygens (including phenoxy) is 1. The number of rotatable bonds is 7. The number of pyridine rings is 1. The summed E-state index contributed by atoms with van der Waals surface area (Å²) in [5.41, 5.74) is -0.914. The number of aryl methyl sites for hydroxylation is 1. The second kappa shape index (κ2) is 8.17. The molecule has 0 aliphatic carbocycles. The molecule has 6 heteroatoms. The van der Waals surface area contributed by atoms with Crippen molar-refractivity contribution in [2.45, 2.75) is 58.5 Å². The van der Waals surface area contributed by atoms with Gasteiger partial charge in [-0.1, -0.05) is 6.42 Å². The molecule has 1 N–H and O–H groups in total. The molecule has 0 amide bonds. The van der Waals surface area contributed by atoms with Crippen LogP contribution in [-0.4, -0.2) is 28.3 Å². The Morgan fingerprint density at radius 3 is 2.55 bits per heavy atom. The Balaban J connectivity index is 3.05. The number of unbranched alkanes of at least 4 members (excludes halogenated alkanes) is 2. The van der Waals surface area contributed by atoms with Gasteiger partial charge in [-0.2, -0.15) is 0 Å². The maximum absolute atomic E-state index is 13.1. The molecule has 0 aliphatic heterocycles. The van der Waals surface area contributed by atoms with E-state index in [1.165, 1.54) is 6.20 Å². The van der Waals surface area contributed by atoms with Crippen molar-refractivity contribution in [2.75, 3.05) is 6.61 Å². The molecule has 0 unspecified atom stereocenters. The molecule has 22 heavy (non-hydrogen) atoms. The van der Waals surface area contributed by atoms with Crippen molar-refractivity contribution in [3.05, 3.63) is 29.1 Å². The van der Waals surface area contributed by atoms with Gasteiger partial charge in [0.25, 0.3) is 6.43 Å². The normalized spacial score (nSPS) is 11.8. The van der Waals surface area contributed by atoms with Gasteiger partial charge in [0.1, 0.15) is 11.3 Å². The number of hydrogen-bond donors (Lipinski definition) is 1. The van der Waals surface area contributed by atoms with Gasteiger partial charge in [-0.3, -0.25) is 4.98 Å². The first-order chi connectivity index (χ1) is 10.3. The average molecular weight is 315 g/mol. The predicted molar refractivity (Wildman–Crippen MR) is 79.0 cm³/mol. The molecular weight excluding hydrogens is 292 g/mol. The van der Waals surface area contributed by atoms with E-state index in [1.807, 2.05) is 0 Å². The standard InChI is InChI=1S/C16H23F2NO3/c1-16(2,3)22-15(21)12-11(7-5-4-6-10-20)8-9-19-13(12)14(17)18/h8-9,14,20H,4-7,10H2,1-3H3. The Bertz CT molecular complexity index is 499. The molecule has 0 saturated heterocycles. The second-order valence-electron chi connectivity index (χ2n) is 6.07. The molecule has 0 fully saturated rings. The van der Waals surface area contributed by atoms with Crippen LogP contribution in [0, 0.1) is 0 Å². The maximum Gasteiger partial charge on any atom is 0.341 e. The van der Waals surface area contributed by atoms with Crippen molar-refractivity contribution in [1.29, 1.82) is 0 Å². The molecular formula is C16H23F2NO3. The van der Waals surface area contributed by atoms with Crippen molar-refractivity contribution in [3.63, 3.8) is 0 Å². The van der Waals surface area contributed by atoms with E-state index < -0.39 is 23.7 Å². The number of hydrogen-bond acceptors (Lipinski definition) is 4. The number of halogens is 2. The average Bonchev–Trinajstić information content (AvgIpc) is 2.41. The number of esters is 1. The van der Waals surface area contributed by atoms with Crippen LogP contribution in [0.5, 0.6) is 0 Å². The van der Waals surface area contributed by atoms with Gasteiger partial charge in [-0.15, -0.1) is 0 Å². The molecule has 0 radical (unpaired) electrons. The minimum atomic E-state index is -2.83. The van der Waals surface area contributed by atoms with Gasteiger partial charge in [-0.05, 0) is 51.7 Å². The maximum atomic E-state index is 13.1. The fourth-order valence-corrected chi connectivity index (χ4v) is 2.06. The Kier molecular flexibility index (Phi) is 6.87. The van der Waals surface area contributed by atoms with Crippen LogP contribution in [0.3, 0.4) is 0 Å². The van der Waals surface area contributed by atoms with Crippen LogP contribution < -0.4 is 0 Å². The minimum absolute atomic E-state index is 0.0948. The molecule has 0 aromatic carbocycles. The number of carbonyl (C=O) groups excluding carboxylic acids is 1. The van der Waals surface area contributed by atoms with Crippen LogP contribution in [0.2, 0.25) is 0 Å². The van der Waals surface area contributed by atoms with E-state index in [-0.39, 0.29) is 12.2 Å². The highest BCUT2D eigenvalue weighted by molar-refractivity contribution is 5.92. The fourth-order valence-electron chi connectivity index (χ4n) is 2.06. The zero-order chi connectivity index (χ0) is 16.8. The van der Waals surface area contributed by atoms with Crippen molar-refractivity contribution < 1.29 is 23.4 Å². The monoisotopic (exact) mass is 315 g/mol. The van der Waals surface area contributed by atoms with E-state index in [2.05, 4.69) is 4.98 Å². The van der Waals surface area contributed by atoms with Gasteiger partial charge in [0.2, 0.25) is 0 Å². The highest BCUT2D eigenvalue weighted by Gasteiger charge is 2.27. The molecule has 1 aromatic rings. The van der Waals surface area contributed by atoms with E-state index in [0.717, 1.165) is 6.42 Å². The summed E-state index contributed by atoms with van der Waals surface area (Å²) in [5, 5.41) is 8.77. The lowest BCUT2D eigenvalue weighted by molar-refractivity contribution is 0.00593. The molecule has 4 nitrogen and oxygen atoms in total. The molecule has 1 rings (SSSR count). The van der Waals surface area contributed by atoms with Crippen LogP contribution in [0.4, 0.5) is 8.78 Å². The molecule has 124 valence electrons. The van der Waals surface area contributed by atoms with Crippen molar-refractivity contribution >= 4 is 5.97 Å².